The Labute approximate surface area is 157 Å². The van der Waals surface area contributed by atoms with Crippen LogP contribution in [0.3, 0.4) is 0 Å². The third kappa shape index (κ3) is 4.20. The van der Waals surface area contributed by atoms with Gasteiger partial charge in [-0.25, -0.2) is 0 Å². The molecule has 0 atom stereocenters. The van der Waals surface area contributed by atoms with Crippen LogP contribution in [0.5, 0.6) is 0 Å². The van der Waals surface area contributed by atoms with E-state index in [0.717, 1.165) is 30.2 Å². The minimum Gasteiger partial charge on any atom is -0.363 e. The number of Topliss-reactive ketones (excluding diaryl/α,β-unsaturated/α-hetero) is 1. The highest BCUT2D eigenvalue weighted by Gasteiger charge is 2.24. The van der Waals surface area contributed by atoms with E-state index in [-0.39, 0.29) is 11.5 Å². The summed E-state index contributed by atoms with van der Waals surface area (Å²) >= 11 is 6.03. The summed E-state index contributed by atoms with van der Waals surface area (Å²) in [6.45, 7) is 5.21. The number of hydrogen-bond donors (Lipinski definition) is 0. The predicted octanol–water partition coefficient (Wildman–Crippen LogP) is 3.77. The number of halogens is 1. The van der Waals surface area contributed by atoms with Crippen molar-refractivity contribution in [3.05, 3.63) is 68.7 Å². The van der Waals surface area contributed by atoms with E-state index in [0.29, 0.717) is 24.3 Å². The molecule has 0 spiro atoms. The van der Waals surface area contributed by atoms with E-state index in [1.807, 2.05) is 29.2 Å². The number of ketones is 1. The summed E-state index contributed by atoms with van der Waals surface area (Å²) in [6, 6.07) is 12.5. The van der Waals surface area contributed by atoms with Crippen LogP contribution in [0, 0.1) is 10.1 Å². The van der Waals surface area contributed by atoms with Crippen LogP contribution >= 0.6 is 11.6 Å². The van der Waals surface area contributed by atoms with Gasteiger partial charge in [0.25, 0.3) is 5.69 Å². The fraction of sp³-hybridized carbons (Fsp3) is 0.316. The zero-order valence-electron chi connectivity index (χ0n) is 14.5. The molecule has 1 aliphatic heterocycles. The van der Waals surface area contributed by atoms with E-state index in [4.69, 9.17) is 11.6 Å². The van der Waals surface area contributed by atoms with Crippen LogP contribution in [0.2, 0.25) is 5.02 Å². The molecule has 7 heteroatoms. The molecule has 0 unspecified atom stereocenters. The monoisotopic (exact) mass is 373 g/mol. The highest BCUT2D eigenvalue weighted by Crippen LogP contribution is 2.30. The van der Waals surface area contributed by atoms with Crippen molar-refractivity contribution in [3.63, 3.8) is 0 Å². The van der Waals surface area contributed by atoms with Gasteiger partial charge in [-0.05, 0) is 36.8 Å². The quantitative estimate of drug-likeness (QED) is 0.453. The maximum atomic E-state index is 11.5. The van der Waals surface area contributed by atoms with Crippen LogP contribution < -0.4 is 4.90 Å². The summed E-state index contributed by atoms with van der Waals surface area (Å²) < 4.78 is 0. The van der Waals surface area contributed by atoms with Crippen LogP contribution in [0.1, 0.15) is 22.8 Å². The molecule has 1 heterocycles. The van der Waals surface area contributed by atoms with Crippen molar-refractivity contribution in [3.8, 4) is 0 Å². The molecule has 6 nitrogen and oxygen atoms in total. The molecule has 1 saturated heterocycles. The molecule has 1 fully saturated rings. The van der Waals surface area contributed by atoms with E-state index in [2.05, 4.69) is 4.90 Å². The summed E-state index contributed by atoms with van der Waals surface area (Å²) in [5.74, 6) is -0.175. The smallest absolute Gasteiger partial charge is 0.293 e. The second-order valence-electron chi connectivity index (χ2n) is 6.41. The number of benzene rings is 2. The molecule has 136 valence electrons. The van der Waals surface area contributed by atoms with Gasteiger partial charge in [-0.3, -0.25) is 19.8 Å². The van der Waals surface area contributed by atoms with Crippen LogP contribution in [-0.2, 0) is 6.54 Å². The van der Waals surface area contributed by atoms with Crippen molar-refractivity contribution in [2.24, 2.45) is 0 Å². The fourth-order valence-corrected chi connectivity index (χ4v) is 3.41. The van der Waals surface area contributed by atoms with Crippen molar-refractivity contribution in [2.75, 3.05) is 31.1 Å². The number of anilines is 1. The van der Waals surface area contributed by atoms with Crippen molar-refractivity contribution >= 4 is 28.8 Å². The predicted molar refractivity (Wildman–Crippen MR) is 102 cm³/mol. The van der Waals surface area contributed by atoms with E-state index < -0.39 is 4.92 Å². The standard InChI is InChI=1S/C19H20ClN3O3/c1-14(24)16-5-6-18(19(12-16)23(25)26)22-9-7-21(8-10-22)13-15-3-2-4-17(20)11-15/h2-6,11-12H,7-10,13H2,1H3. The Morgan fingerprint density at radius 3 is 2.50 bits per heavy atom. The SMILES string of the molecule is CC(=O)c1ccc(N2CCN(Cc3cccc(Cl)c3)CC2)c([N+](=O)[O-])c1. The Morgan fingerprint density at radius 1 is 1.15 bits per heavy atom. The highest BCUT2D eigenvalue weighted by molar-refractivity contribution is 6.30. The Kier molecular flexibility index (Phi) is 5.54. The molecule has 0 saturated carbocycles. The van der Waals surface area contributed by atoms with E-state index in [1.54, 1.807) is 12.1 Å². The topological polar surface area (TPSA) is 66.7 Å². The first-order chi connectivity index (χ1) is 12.4. The van der Waals surface area contributed by atoms with Crippen molar-refractivity contribution in [2.45, 2.75) is 13.5 Å². The zero-order valence-corrected chi connectivity index (χ0v) is 15.3. The van der Waals surface area contributed by atoms with E-state index in [9.17, 15) is 14.9 Å². The van der Waals surface area contributed by atoms with E-state index in [1.165, 1.54) is 13.0 Å². The number of hydrogen-bond acceptors (Lipinski definition) is 5. The maximum absolute atomic E-state index is 11.5. The molecule has 2 aromatic carbocycles. The van der Waals surface area contributed by atoms with Gasteiger partial charge < -0.3 is 4.90 Å². The third-order valence-electron chi connectivity index (χ3n) is 4.59. The van der Waals surface area contributed by atoms with Gasteiger partial charge in [0.05, 0.1) is 4.92 Å². The van der Waals surface area contributed by atoms with Crippen molar-refractivity contribution < 1.29 is 9.72 Å². The molecule has 0 amide bonds. The Balaban J connectivity index is 1.69. The average molecular weight is 374 g/mol. The lowest BCUT2D eigenvalue weighted by Gasteiger charge is -2.35. The molecule has 0 bridgehead atoms. The van der Waals surface area contributed by atoms with Gasteiger partial charge in [0, 0.05) is 49.4 Å². The van der Waals surface area contributed by atoms with Gasteiger partial charge in [0.2, 0.25) is 0 Å². The zero-order chi connectivity index (χ0) is 18.7. The summed E-state index contributed by atoms with van der Waals surface area (Å²) in [5, 5.41) is 12.1. The number of carbonyl (C=O) groups is 1. The second kappa shape index (κ2) is 7.85. The minimum atomic E-state index is -0.417. The first-order valence-electron chi connectivity index (χ1n) is 8.45. The normalized spacial score (nSPS) is 15.1. The Bertz CT molecular complexity index is 833. The van der Waals surface area contributed by atoms with Crippen LogP contribution in [0.15, 0.2) is 42.5 Å². The Morgan fingerprint density at radius 2 is 1.88 bits per heavy atom. The first-order valence-corrected chi connectivity index (χ1v) is 8.83. The first kappa shape index (κ1) is 18.4. The van der Waals surface area contributed by atoms with Gasteiger partial charge in [-0.1, -0.05) is 23.7 Å². The fourth-order valence-electron chi connectivity index (χ4n) is 3.20. The second-order valence-corrected chi connectivity index (χ2v) is 6.85. The molecule has 2 aromatic rings. The van der Waals surface area contributed by atoms with Gasteiger partial charge in [-0.15, -0.1) is 0 Å². The third-order valence-corrected chi connectivity index (χ3v) is 4.82. The summed E-state index contributed by atoms with van der Waals surface area (Å²) in [6.07, 6.45) is 0. The lowest BCUT2D eigenvalue weighted by atomic mass is 10.1. The number of rotatable bonds is 5. The molecular weight excluding hydrogens is 354 g/mol. The molecule has 0 radical (unpaired) electrons. The maximum Gasteiger partial charge on any atom is 0.293 e. The molecule has 3 rings (SSSR count). The van der Waals surface area contributed by atoms with Crippen molar-refractivity contribution in [1.29, 1.82) is 0 Å². The van der Waals surface area contributed by atoms with Crippen LogP contribution in [0.25, 0.3) is 0 Å². The molecule has 0 aromatic heterocycles. The van der Waals surface area contributed by atoms with E-state index >= 15 is 0 Å². The average Bonchev–Trinajstić information content (AvgIpc) is 2.62. The molecular formula is C19H20ClN3O3. The van der Waals surface area contributed by atoms with Gasteiger partial charge in [-0.2, -0.15) is 0 Å². The number of nitro benzene ring substituents is 1. The van der Waals surface area contributed by atoms with Gasteiger partial charge in [0.15, 0.2) is 5.78 Å². The lowest BCUT2D eigenvalue weighted by Crippen LogP contribution is -2.46. The van der Waals surface area contributed by atoms with Crippen molar-refractivity contribution in [1.82, 2.24) is 4.90 Å². The largest absolute Gasteiger partial charge is 0.363 e. The van der Waals surface area contributed by atoms with Crippen LogP contribution in [0.4, 0.5) is 11.4 Å². The summed E-state index contributed by atoms with van der Waals surface area (Å²) in [5.41, 5.74) is 2.08. The molecule has 1 aliphatic rings. The summed E-state index contributed by atoms with van der Waals surface area (Å²) in [7, 11) is 0. The minimum absolute atomic E-state index is 0.0130. The highest BCUT2D eigenvalue weighted by atomic mass is 35.5. The molecule has 26 heavy (non-hydrogen) atoms. The van der Waals surface area contributed by atoms with Gasteiger partial charge >= 0.3 is 0 Å². The number of carbonyl (C=O) groups excluding carboxylic acids is 1. The number of nitro groups is 1. The summed E-state index contributed by atoms with van der Waals surface area (Å²) in [4.78, 5) is 26.8. The number of piperazine rings is 1. The van der Waals surface area contributed by atoms with Gasteiger partial charge in [0.1, 0.15) is 5.69 Å². The van der Waals surface area contributed by atoms with Crippen LogP contribution in [-0.4, -0.2) is 41.8 Å². The molecule has 0 N–H and O–H groups in total. The Hall–Kier alpha value is -2.44. The lowest BCUT2D eigenvalue weighted by molar-refractivity contribution is -0.384. The number of nitrogens with zero attached hydrogens (tertiary/aromatic N) is 3. The molecule has 0 aliphatic carbocycles.